The van der Waals surface area contributed by atoms with E-state index in [9.17, 15) is 0 Å². The molecule has 0 amide bonds. The van der Waals surface area contributed by atoms with Crippen LogP contribution in [0.4, 0.5) is 5.00 Å². The molecule has 0 spiro atoms. The number of hydrogen-bond acceptors (Lipinski definition) is 5. The number of anilines is 1. The van der Waals surface area contributed by atoms with E-state index in [1.165, 1.54) is 11.5 Å². The summed E-state index contributed by atoms with van der Waals surface area (Å²) in [4.78, 5) is 0. The molecule has 0 radical (unpaired) electrons. The minimum Gasteiger partial charge on any atom is -0.313 e. The van der Waals surface area contributed by atoms with E-state index in [0.29, 0.717) is 0 Å². The van der Waals surface area contributed by atoms with Crippen molar-refractivity contribution in [1.82, 2.24) is 9.59 Å². The lowest BCUT2D eigenvalue weighted by atomic mass is 10.9. The summed E-state index contributed by atoms with van der Waals surface area (Å²) in [6, 6.07) is 0. The van der Waals surface area contributed by atoms with Crippen LogP contribution >= 0.6 is 23.9 Å². The lowest BCUT2D eigenvalue weighted by molar-refractivity contribution is 1.15. The molecule has 0 fully saturated rings. The Morgan fingerprint density at radius 3 is 2.75 bits per heavy atom. The van der Waals surface area contributed by atoms with Gasteiger partial charge in [-0.05, 0) is 0 Å². The number of hydrazine groups is 1. The van der Waals surface area contributed by atoms with Crippen LogP contribution in [0.1, 0.15) is 0 Å². The first-order valence-corrected chi connectivity index (χ1v) is 2.45. The second kappa shape index (κ2) is 3.59. The smallest absolute Gasteiger partial charge is 0.144 e. The predicted octanol–water partition coefficient (Wildman–Crippen LogP) is 0.245. The van der Waals surface area contributed by atoms with Crippen LogP contribution in [-0.2, 0) is 0 Å². The summed E-state index contributed by atoms with van der Waals surface area (Å²) in [6.45, 7) is 0. The summed E-state index contributed by atoms with van der Waals surface area (Å²) in [6.07, 6.45) is 1.56. The van der Waals surface area contributed by atoms with Crippen LogP contribution in [0.5, 0.6) is 0 Å². The summed E-state index contributed by atoms with van der Waals surface area (Å²) in [5.41, 5.74) is 2.40. The fourth-order valence-electron chi connectivity index (χ4n) is 0.231. The largest absolute Gasteiger partial charge is 0.313 e. The van der Waals surface area contributed by atoms with Crippen LogP contribution in [0, 0.1) is 0 Å². The van der Waals surface area contributed by atoms with Crippen LogP contribution in [0.15, 0.2) is 6.20 Å². The molecule has 3 N–H and O–H groups in total. The number of nitrogens with one attached hydrogen (secondary N) is 1. The fourth-order valence-corrected chi connectivity index (χ4v) is 0.560. The lowest BCUT2D eigenvalue weighted by Crippen LogP contribution is -2.04. The normalized spacial score (nSPS) is 7.62. The molecule has 1 aromatic heterocycles. The highest BCUT2D eigenvalue weighted by atomic mass is 35.5. The van der Waals surface area contributed by atoms with Crippen LogP contribution in [0.25, 0.3) is 0 Å². The van der Waals surface area contributed by atoms with Crippen LogP contribution in [0.2, 0.25) is 0 Å². The third kappa shape index (κ3) is 1.61. The van der Waals surface area contributed by atoms with Gasteiger partial charge in [0, 0.05) is 11.5 Å². The van der Waals surface area contributed by atoms with Crippen molar-refractivity contribution in [3.8, 4) is 0 Å². The maximum absolute atomic E-state index is 4.97. The first-order valence-electron chi connectivity index (χ1n) is 1.67. The zero-order valence-electron chi connectivity index (χ0n) is 3.87. The second-order valence-electron chi connectivity index (χ2n) is 0.926. The highest BCUT2D eigenvalue weighted by molar-refractivity contribution is 7.09. The minimum atomic E-state index is 0. The van der Waals surface area contributed by atoms with Crippen molar-refractivity contribution in [2.24, 2.45) is 5.84 Å². The standard InChI is InChI=1S/C2H4N4S.ClH/c3-5-2-1-4-6-7-2;/h1,5H,3H2;1H. The monoisotopic (exact) mass is 152 g/mol. The highest BCUT2D eigenvalue weighted by Gasteiger charge is 1.84. The number of hydrogen-bond donors (Lipinski definition) is 2. The first kappa shape index (κ1) is 7.61. The van der Waals surface area contributed by atoms with Gasteiger partial charge in [0.25, 0.3) is 0 Å². The Morgan fingerprint density at radius 1 is 1.75 bits per heavy atom. The van der Waals surface area contributed by atoms with E-state index in [1.54, 1.807) is 6.20 Å². The molecule has 0 aliphatic heterocycles. The zero-order chi connectivity index (χ0) is 5.11. The van der Waals surface area contributed by atoms with Crippen LogP contribution < -0.4 is 11.3 Å². The SMILES string of the molecule is Cl.NNc1cnns1. The molecular formula is C2H5ClN4S. The van der Waals surface area contributed by atoms with Crippen LogP contribution in [0.3, 0.4) is 0 Å². The van der Waals surface area contributed by atoms with Crippen molar-refractivity contribution in [3.63, 3.8) is 0 Å². The Hall–Kier alpha value is -0.390. The van der Waals surface area contributed by atoms with E-state index in [4.69, 9.17) is 5.84 Å². The molecule has 0 saturated carbocycles. The van der Waals surface area contributed by atoms with Gasteiger partial charge in [-0.3, -0.25) is 0 Å². The number of rotatable bonds is 1. The Kier molecular flexibility index (Phi) is 3.42. The van der Waals surface area contributed by atoms with E-state index in [1.807, 2.05) is 0 Å². The molecule has 6 heteroatoms. The van der Waals surface area contributed by atoms with Gasteiger partial charge in [0.05, 0.1) is 6.20 Å². The molecule has 0 atom stereocenters. The molecule has 1 rings (SSSR count). The van der Waals surface area contributed by atoms with E-state index in [2.05, 4.69) is 15.0 Å². The Balaban J connectivity index is 0.000000490. The molecule has 4 nitrogen and oxygen atoms in total. The Bertz CT molecular complexity index is 129. The topological polar surface area (TPSA) is 63.8 Å². The zero-order valence-corrected chi connectivity index (χ0v) is 5.50. The first-order chi connectivity index (χ1) is 3.43. The van der Waals surface area contributed by atoms with Crippen molar-refractivity contribution >= 4 is 28.9 Å². The van der Waals surface area contributed by atoms with Gasteiger partial charge in [-0.25, -0.2) is 5.84 Å². The van der Waals surface area contributed by atoms with Gasteiger partial charge in [-0.1, -0.05) is 4.49 Å². The number of nitrogen functional groups attached to an aromatic ring is 1. The van der Waals surface area contributed by atoms with Crippen molar-refractivity contribution in [1.29, 1.82) is 0 Å². The molecule has 46 valence electrons. The van der Waals surface area contributed by atoms with Gasteiger partial charge in [0.15, 0.2) is 0 Å². The summed E-state index contributed by atoms with van der Waals surface area (Å²) >= 11 is 1.23. The molecule has 1 aromatic rings. The lowest BCUT2D eigenvalue weighted by Gasteiger charge is -1.82. The predicted molar refractivity (Wildman–Crippen MR) is 35.0 cm³/mol. The molecule has 0 saturated heterocycles. The van der Waals surface area contributed by atoms with Crippen molar-refractivity contribution < 1.29 is 0 Å². The molecule has 8 heavy (non-hydrogen) atoms. The summed E-state index contributed by atoms with van der Waals surface area (Å²) in [7, 11) is 0. The van der Waals surface area contributed by atoms with E-state index >= 15 is 0 Å². The molecule has 0 aliphatic carbocycles. The average molecular weight is 153 g/mol. The Labute approximate surface area is 56.6 Å². The molecular weight excluding hydrogens is 148 g/mol. The van der Waals surface area contributed by atoms with Crippen molar-refractivity contribution in [3.05, 3.63) is 6.20 Å². The van der Waals surface area contributed by atoms with E-state index in [-0.39, 0.29) is 12.4 Å². The maximum Gasteiger partial charge on any atom is 0.144 e. The van der Waals surface area contributed by atoms with Crippen molar-refractivity contribution in [2.45, 2.75) is 0 Å². The Morgan fingerprint density at radius 2 is 2.50 bits per heavy atom. The molecule has 0 bridgehead atoms. The number of halogens is 1. The summed E-state index contributed by atoms with van der Waals surface area (Å²) in [5, 5.41) is 4.30. The quantitative estimate of drug-likeness (QED) is 0.447. The van der Waals surface area contributed by atoms with Gasteiger partial charge in [0.2, 0.25) is 0 Å². The fraction of sp³-hybridized carbons (Fsp3) is 0. The summed E-state index contributed by atoms with van der Waals surface area (Å²) in [5.74, 6) is 4.97. The minimum absolute atomic E-state index is 0. The van der Waals surface area contributed by atoms with Crippen LogP contribution in [-0.4, -0.2) is 9.59 Å². The second-order valence-corrected chi connectivity index (χ2v) is 1.71. The highest BCUT2D eigenvalue weighted by Crippen LogP contribution is 2.04. The molecule has 1 heterocycles. The van der Waals surface area contributed by atoms with Gasteiger partial charge in [0.1, 0.15) is 5.00 Å². The molecule has 0 aromatic carbocycles. The van der Waals surface area contributed by atoms with Gasteiger partial charge in [-0.15, -0.1) is 17.5 Å². The average Bonchev–Trinajstić information content (AvgIpc) is 2.14. The van der Waals surface area contributed by atoms with Gasteiger partial charge >= 0.3 is 0 Å². The van der Waals surface area contributed by atoms with E-state index in [0.717, 1.165) is 5.00 Å². The third-order valence-corrected chi connectivity index (χ3v) is 1.10. The maximum atomic E-state index is 4.97. The van der Waals surface area contributed by atoms with E-state index < -0.39 is 0 Å². The summed E-state index contributed by atoms with van der Waals surface area (Å²) < 4.78 is 3.54. The molecule has 0 aliphatic rings. The van der Waals surface area contributed by atoms with Gasteiger partial charge < -0.3 is 5.43 Å². The van der Waals surface area contributed by atoms with Gasteiger partial charge in [-0.2, -0.15) is 0 Å². The van der Waals surface area contributed by atoms with Crippen molar-refractivity contribution in [2.75, 3.05) is 5.43 Å². The number of nitrogens with two attached hydrogens (primary N) is 1. The third-order valence-electron chi connectivity index (χ3n) is 0.504. The number of aromatic nitrogens is 2. The number of nitrogens with zero attached hydrogens (tertiary/aromatic N) is 2. The molecule has 0 unspecified atom stereocenters.